The number of thioether (sulfide) groups is 1. The second kappa shape index (κ2) is 10.7. The van der Waals surface area contributed by atoms with Crippen molar-refractivity contribution in [3.05, 3.63) is 100 Å². The molecule has 2 amide bonds. The number of benzene rings is 3. The van der Waals surface area contributed by atoms with E-state index in [2.05, 4.69) is 68.0 Å². The van der Waals surface area contributed by atoms with E-state index in [0.717, 1.165) is 21.1 Å². The van der Waals surface area contributed by atoms with Crippen LogP contribution in [0.1, 0.15) is 29.9 Å². The van der Waals surface area contributed by atoms with Gasteiger partial charge < -0.3 is 10.6 Å². The summed E-state index contributed by atoms with van der Waals surface area (Å²) >= 11 is 5.07. The van der Waals surface area contributed by atoms with Gasteiger partial charge in [0, 0.05) is 15.9 Å². The van der Waals surface area contributed by atoms with E-state index in [4.69, 9.17) is 0 Å². The maximum atomic E-state index is 12.7. The number of hydrogen-bond acceptors (Lipinski definition) is 4. The molecular weight excluding hydrogens is 498 g/mol. The quantitative estimate of drug-likeness (QED) is 0.272. The summed E-state index contributed by atoms with van der Waals surface area (Å²) in [7, 11) is 0. The molecule has 0 radical (unpaired) electrons. The molecule has 1 aromatic heterocycles. The van der Waals surface area contributed by atoms with Gasteiger partial charge in [-0.05, 0) is 59.6 Å². The van der Waals surface area contributed by atoms with Gasteiger partial charge in [-0.2, -0.15) is 0 Å². The van der Waals surface area contributed by atoms with Crippen LogP contribution in [0.4, 0.5) is 10.5 Å². The zero-order chi connectivity index (χ0) is 23.2. The first kappa shape index (κ1) is 23.1. The molecule has 0 bridgehead atoms. The molecule has 0 aliphatic carbocycles. The first-order valence-corrected chi connectivity index (χ1v) is 12.3. The standard InChI is InChI=1S/C25H24BrN5OS/c1-17-12-14-20(15-13-17)31-23(29-30-25(31)33-16-19-8-4-3-5-9-19)18(2)27-24(32)28-22-11-7-6-10-21(22)26/h3-15,18H,16H2,1-2H3,(H2,27,28,32). The summed E-state index contributed by atoms with van der Waals surface area (Å²) in [6.45, 7) is 3.96. The molecule has 168 valence electrons. The molecule has 3 aromatic carbocycles. The molecule has 0 spiro atoms. The molecule has 8 heteroatoms. The summed E-state index contributed by atoms with van der Waals surface area (Å²) in [5.74, 6) is 1.44. The largest absolute Gasteiger partial charge is 0.328 e. The van der Waals surface area contributed by atoms with Gasteiger partial charge in [0.25, 0.3) is 0 Å². The molecular formula is C25H24BrN5OS. The fourth-order valence-corrected chi connectivity index (χ4v) is 4.59. The molecule has 33 heavy (non-hydrogen) atoms. The lowest BCUT2D eigenvalue weighted by Gasteiger charge is -2.17. The molecule has 0 aliphatic rings. The zero-order valence-corrected chi connectivity index (χ0v) is 20.7. The van der Waals surface area contributed by atoms with Crippen molar-refractivity contribution in [1.82, 2.24) is 20.1 Å². The second-order valence-corrected chi connectivity index (χ2v) is 9.38. The smallest absolute Gasteiger partial charge is 0.319 e. The Kier molecular flexibility index (Phi) is 7.47. The third-order valence-electron chi connectivity index (χ3n) is 5.02. The topological polar surface area (TPSA) is 71.8 Å². The van der Waals surface area contributed by atoms with Gasteiger partial charge in [0.15, 0.2) is 11.0 Å². The molecule has 1 heterocycles. The Morgan fingerprint density at radius 3 is 2.42 bits per heavy atom. The monoisotopic (exact) mass is 521 g/mol. The van der Waals surface area contributed by atoms with Crippen molar-refractivity contribution in [2.24, 2.45) is 0 Å². The molecule has 0 fully saturated rings. The number of rotatable bonds is 7. The average molecular weight is 522 g/mol. The van der Waals surface area contributed by atoms with Crippen LogP contribution in [0.3, 0.4) is 0 Å². The fraction of sp³-hybridized carbons (Fsp3) is 0.160. The van der Waals surface area contributed by atoms with Crippen LogP contribution < -0.4 is 10.6 Å². The predicted octanol–water partition coefficient (Wildman–Crippen LogP) is 6.51. The number of urea groups is 1. The highest BCUT2D eigenvalue weighted by Gasteiger charge is 2.21. The molecule has 1 unspecified atom stereocenters. The summed E-state index contributed by atoms with van der Waals surface area (Å²) in [5, 5.41) is 15.5. The van der Waals surface area contributed by atoms with Crippen molar-refractivity contribution in [3.8, 4) is 5.69 Å². The Labute approximate surface area is 206 Å². The average Bonchev–Trinajstić information content (AvgIpc) is 3.24. The number of nitrogens with zero attached hydrogens (tertiary/aromatic N) is 3. The summed E-state index contributed by atoms with van der Waals surface area (Å²) in [4.78, 5) is 12.7. The highest BCUT2D eigenvalue weighted by Crippen LogP contribution is 2.28. The molecule has 2 N–H and O–H groups in total. The molecule has 0 saturated heterocycles. The van der Waals surface area contributed by atoms with Gasteiger partial charge in [0.05, 0.1) is 11.7 Å². The first-order valence-electron chi connectivity index (χ1n) is 10.5. The van der Waals surface area contributed by atoms with Crippen molar-refractivity contribution in [1.29, 1.82) is 0 Å². The van der Waals surface area contributed by atoms with Gasteiger partial charge in [-0.3, -0.25) is 4.57 Å². The molecule has 0 saturated carbocycles. The SMILES string of the molecule is Cc1ccc(-n2c(SCc3ccccc3)nnc2C(C)NC(=O)Nc2ccccc2Br)cc1. The molecule has 6 nitrogen and oxygen atoms in total. The Morgan fingerprint density at radius 1 is 1.00 bits per heavy atom. The minimum absolute atomic E-state index is 0.314. The van der Waals surface area contributed by atoms with Crippen molar-refractivity contribution in [3.63, 3.8) is 0 Å². The second-order valence-electron chi connectivity index (χ2n) is 7.59. The Bertz CT molecular complexity index is 1230. The van der Waals surface area contributed by atoms with Gasteiger partial charge in [-0.25, -0.2) is 4.79 Å². The number of aromatic nitrogens is 3. The highest BCUT2D eigenvalue weighted by molar-refractivity contribution is 9.10. The van der Waals surface area contributed by atoms with Gasteiger partial charge >= 0.3 is 6.03 Å². The predicted molar refractivity (Wildman–Crippen MR) is 137 cm³/mol. The number of aryl methyl sites for hydroxylation is 1. The molecule has 0 aliphatic heterocycles. The van der Waals surface area contributed by atoms with Crippen LogP contribution in [-0.2, 0) is 5.75 Å². The summed E-state index contributed by atoms with van der Waals surface area (Å²) in [6.07, 6.45) is 0. The van der Waals surface area contributed by atoms with Crippen molar-refractivity contribution in [2.75, 3.05) is 5.32 Å². The molecule has 4 rings (SSSR count). The number of nitrogens with one attached hydrogen (secondary N) is 2. The van der Waals surface area contributed by atoms with Crippen LogP contribution in [0.15, 0.2) is 88.5 Å². The fourth-order valence-electron chi connectivity index (χ4n) is 3.30. The zero-order valence-electron chi connectivity index (χ0n) is 18.3. The van der Waals surface area contributed by atoms with E-state index < -0.39 is 0 Å². The number of anilines is 1. The number of hydrogen-bond donors (Lipinski definition) is 2. The lowest BCUT2D eigenvalue weighted by molar-refractivity contribution is 0.248. The minimum Gasteiger partial charge on any atom is -0.328 e. The molecule has 4 aromatic rings. The van der Waals surface area contributed by atoms with Crippen molar-refractivity contribution < 1.29 is 4.79 Å². The van der Waals surface area contributed by atoms with Gasteiger partial charge in [0.1, 0.15) is 0 Å². The van der Waals surface area contributed by atoms with Crippen LogP contribution in [0.25, 0.3) is 5.69 Å². The van der Waals surface area contributed by atoms with Crippen molar-refractivity contribution >= 4 is 39.4 Å². The van der Waals surface area contributed by atoms with Crippen molar-refractivity contribution in [2.45, 2.75) is 30.8 Å². The maximum absolute atomic E-state index is 12.7. The Hall–Kier alpha value is -3.10. The van der Waals surface area contributed by atoms with Crippen LogP contribution in [-0.4, -0.2) is 20.8 Å². The minimum atomic E-state index is -0.368. The van der Waals surface area contributed by atoms with Crippen LogP contribution in [0.5, 0.6) is 0 Å². The number of halogens is 1. The third-order valence-corrected chi connectivity index (χ3v) is 6.71. The van der Waals surface area contributed by atoms with E-state index in [1.807, 2.05) is 66.1 Å². The molecule has 1 atom stereocenters. The highest BCUT2D eigenvalue weighted by atomic mass is 79.9. The number of carbonyl (C=O) groups excluding carboxylic acids is 1. The lowest BCUT2D eigenvalue weighted by atomic mass is 10.2. The van der Waals surface area contributed by atoms with Crippen LogP contribution in [0, 0.1) is 6.92 Å². The Morgan fingerprint density at radius 2 is 1.70 bits per heavy atom. The number of carbonyl (C=O) groups is 1. The van der Waals surface area contributed by atoms with E-state index in [1.165, 1.54) is 11.1 Å². The van der Waals surface area contributed by atoms with E-state index in [0.29, 0.717) is 11.5 Å². The maximum Gasteiger partial charge on any atom is 0.319 e. The first-order chi connectivity index (χ1) is 16.0. The summed E-state index contributed by atoms with van der Waals surface area (Å²) in [6, 6.07) is 25.3. The van der Waals surface area contributed by atoms with Gasteiger partial charge in [0.2, 0.25) is 0 Å². The normalized spacial score (nSPS) is 11.7. The van der Waals surface area contributed by atoms with Crippen LogP contribution in [0.2, 0.25) is 0 Å². The third kappa shape index (κ3) is 5.83. The Balaban J connectivity index is 1.57. The summed E-state index contributed by atoms with van der Waals surface area (Å²) in [5.41, 5.74) is 4.03. The number of para-hydroxylation sites is 1. The van der Waals surface area contributed by atoms with Gasteiger partial charge in [-0.1, -0.05) is 71.9 Å². The number of amides is 2. The summed E-state index contributed by atoms with van der Waals surface area (Å²) < 4.78 is 2.83. The van der Waals surface area contributed by atoms with E-state index in [9.17, 15) is 4.79 Å². The van der Waals surface area contributed by atoms with Crippen LogP contribution >= 0.6 is 27.7 Å². The van der Waals surface area contributed by atoms with E-state index >= 15 is 0 Å². The van der Waals surface area contributed by atoms with E-state index in [1.54, 1.807) is 11.8 Å². The lowest BCUT2D eigenvalue weighted by Crippen LogP contribution is -2.32. The van der Waals surface area contributed by atoms with Gasteiger partial charge in [-0.15, -0.1) is 10.2 Å². The van der Waals surface area contributed by atoms with E-state index in [-0.39, 0.29) is 12.1 Å².